The monoisotopic (exact) mass is 257 g/mol. The van der Waals surface area contributed by atoms with E-state index in [4.69, 9.17) is 5.73 Å². The van der Waals surface area contributed by atoms with Crippen LogP contribution in [0.2, 0.25) is 0 Å². The molecular weight excluding hydrogens is 238 g/mol. The summed E-state index contributed by atoms with van der Waals surface area (Å²) in [7, 11) is 1.92. The van der Waals surface area contributed by atoms with Crippen LogP contribution >= 0.6 is 0 Å². The van der Waals surface area contributed by atoms with Crippen LogP contribution in [0.15, 0.2) is 36.5 Å². The molecule has 0 bridgehead atoms. The van der Waals surface area contributed by atoms with Gasteiger partial charge in [0.05, 0.1) is 5.60 Å². The van der Waals surface area contributed by atoms with Crippen molar-refractivity contribution in [3.8, 4) is 0 Å². The summed E-state index contributed by atoms with van der Waals surface area (Å²) >= 11 is 0. The number of aliphatic hydroxyl groups is 1. The van der Waals surface area contributed by atoms with Gasteiger partial charge in [0.25, 0.3) is 0 Å². The fourth-order valence-corrected chi connectivity index (χ4v) is 3.05. The second-order valence-electron chi connectivity index (χ2n) is 5.38. The minimum absolute atomic E-state index is 0.0623. The minimum Gasteiger partial charge on any atom is -0.385 e. The first-order valence-electron chi connectivity index (χ1n) is 6.64. The molecule has 2 unspecified atom stereocenters. The predicted octanol–water partition coefficient (Wildman–Crippen LogP) is 1.64. The lowest BCUT2D eigenvalue weighted by Crippen LogP contribution is -2.24. The number of benzene rings is 1. The summed E-state index contributed by atoms with van der Waals surface area (Å²) in [5, 5.41) is 15.0. The van der Waals surface area contributed by atoms with Crippen molar-refractivity contribution in [1.82, 2.24) is 9.78 Å². The van der Waals surface area contributed by atoms with Gasteiger partial charge in [-0.1, -0.05) is 24.3 Å². The molecule has 19 heavy (non-hydrogen) atoms. The van der Waals surface area contributed by atoms with Crippen molar-refractivity contribution in [1.29, 1.82) is 0 Å². The van der Waals surface area contributed by atoms with Gasteiger partial charge in [0.1, 0.15) is 0 Å². The molecule has 1 aromatic carbocycles. The van der Waals surface area contributed by atoms with Crippen LogP contribution < -0.4 is 5.73 Å². The molecule has 0 radical (unpaired) electrons. The smallest absolute Gasteiger partial charge is 0.0921 e. The highest BCUT2D eigenvalue weighted by molar-refractivity contribution is 5.40. The van der Waals surface area contributed by atoms with Crippen LogP contribution in [-0.2, 0) is 19.1 Å². The van der Waals surface area contributed by atoms with Crippen LogP contribution in [0.5, 0.6) is 0 Å². The highest BCUT2D eigenvalue weighted by atomic mass is 16.3. The SMILES string of the molecule is Cn1nccc1CCC1(O)CC(N)c2ccccc21. The van der Waals surface area contributed by atoms with Gasteiger partial charge < -0.3 is 10.8 Å². The molecule has 3 rings (SSSR count). The number of hydrogen-bond acceptors (Lipinski definition) is 3. The molecule has 2 aromatic rings. The maximum Gasteiger partial charge on any atom is 0.0921 e. The first-order chi connectivity index (χ1) is 9.10. The number of rotatable bonds is 3. The highest BCUT2D eigenvalue weighted by Crippen LogP contribution is 2.44. The molecule has 3 N–H and O–H groups in total. The lowest BCUT2D eigenvalue weighted by atomic mass is 9.90. The Labute approximate surface area is 112 Å². The Morgan fingerprint density at radius 3 is 2.95 bits per heavy atom. The highest BCUT2D eigenvalue weighted by Gasteiger charge is 2.40. The molecule has 0 aliphatic heterocycles. The molecule has 1 heterocycles. The van der Waals surface area contributed by atoms with E-state index in [0.29, 0.717) is 12.8 Å². The Kier molecular flexibility index (Phi) is 2.92. The minimum atomic E-state index is -0.805. The molecule has 4 nitrogen and oxygen atoms in total. The van der Waals surface area contributed by atoms with E-state index in [9.17, 15) is 5.11 Å². The third-order valence-corrected chi connectivity index (χ3v) is 4.14. The van der Waals surface area contributed by atoms with Gasteiger partial charge in [0, 0.05) is 25.0 Å². The van der Waals surface area contributed by atoms with Crippen molar-refractivity contribution in [3.05, 3.63) is 53.3 Å². The molecule has 2 atom stereocenters. The third kappa shape index (κ3) is 2.07. The van der Waals surface area contributed by atoms with E-state index >= 15 is 0 Å². The molecule has 0 saturated heterocycles. The van der Waals surface area contributed by atoms with E-state index in [1.54, 1.807) is 6.20 Å². The Morgan fingerprint density at radius 1 is 1.42 bits per heavy atom. The number of fused-ring (bicyclic) bond motifs is 1. The van der Waals surface area contributed by atoms with Crippen LogP contribution in [0, 0.1) is 0 Å². The number of aromatic nitrogens is 2. The van der Waals surface area contributed by atoms with Gasteiger partial charge in [0.2, 0.25) is 0 Å². The van der Waals surface area contributed by atoms with Crippen LogP contribution in [0.1, 0.15) is 35.7 Å². The van der Waals surface area contributed by atoms with Gasteiger partial charge in [0.15, 0.2) is 0 Å². The van der Waals surface area contributed by atoms with E-state index < -0.39 is 5.60 Å². The summed E-state index contributed by atoms with van der Waals surface area (Å²) in [6.45, 7) is 0. The molecule has 100 valence electrons. The van der Waals surface area contributed by atoms with Gasteiger partial charge in [-0.15, -0.1) is 0 Å². The van der Waals surface area contributed by atoms with E-state index in [1.807, 2.05) is 42.1 Å². The Morgan fingerprint density at radius 2 is 2.21 bits per heavy atom. The van der Waals surface area contributed by atoms with Crippen molar-refractivity contribution < 1.29 is 5.11 Å². The zero-order valence-corrected chi connectivity index (χ0v) is 11.1. The fourth-order valence-electron chi connectivity index (χ4n) is 3.05. The molecule has 1 aromatic heterocycles. The van der Waals surface area contributed by atoms with Gasteiger partial charge in [-0.3, -0.25) is 4.68 Å². The van der Waals surface area contributed by atoms with Gasteiger partial charge in [-0.05, 0) is 36.5 Å². The second-order valence-corrected chi connectivity index (χ2v) is 5.38. The molecule has 0 amide bonds. The predicted molar refractivity (Wildman–Crippen MR) is 73.4 cm³/mol. The van der Waals surface area contributed by atoms with Crippen molar-refractivity contribution in [2.24, 2.45) is 12.8 Å². The zero-order chi connectivity index (χ0) is 13.5. The maximum absolute atomic E-state index is 10.9. The zero-order valence-electron chi connectivity index (χ0n) is 11.1. The normalized spacial score (nSPS) is 25.5. The summed E-state index contributed by atoms with van der Waals surface area (Å²) in [4.78, 5) is 0. The van der Waals surface area contributed by atoms with Gasteiger partial charge in [-0.25, -0.2) is 0 Å². The molecule has 1 aliphatic rings. The molecular formula is C15H19N3O. The Bertz CT molecular complexity index is 593. The molecule has 0 spiro atoms. The van der Waals surface area contributed by atoms with E-state index in [1.165, 1.54) is 0 Å². The largest absolute Gasteiger partial charge is 0.385 e. The summed E-state index contributed by atoms with van der Waals surface area (Å²) < 4.78 is 1.85. The van der Waals surface area contributed by atoms with Crippen molar-refractivity contribution in [2.75, 3.05) is 0 Å². The summed E-state index contributed by atoms with van der Waals surface area (Å²) in [6.07, 6.45) is 3.86. The number of hydrogen-bond donors (Lipinski definition) is 2. The quantitative estimate of drug-likeness (QED) is 0.878. The van der Waals surface area contributed by atoms with Crippen LogP contribution in [0.25, 0.3) is 0 Å². The number of nitrogens with zero attached hydrogens (tertiary/aromatic N) is 2. The number of aryl methyl sites for hydroxylation is 2. The lowest BCUT2D eigenvalue weighted by Gasteiger charge is -2.24. The van der Waals surface area contributed by atoms with Crippen molar-refractivity contribution >= 4 is 0 Å². The second kappa shape index (κ2) is 4.47. The van der Waals surface area contributed by atoms with E-state index in [-0.39, 0.29) is 6.04 Å². The van der Waals surface area contributed by atoms with Gasteiger partial charge >= 0.3 is 0 Å². The van der Waals surface area contributed by atoms with Crippen LogP contribution in [-0.4, -0.2) is 14.9 Å². The molecule has 0 fully saturated rings. The Hall–Kier alpha value is -1.65. The average molecular weight is 257 g/mol. The first-order valence-corrected chi connectivity index (χ1v) is 6.64. The summed E-state index contributed by atoms with van der Waals surface area (Å²) in [5.41, 5.74) is 8.52. The number of nitrogens with two attached hydrogens (primary N) is 1. The first kappa shape index (κ1) is 12.4. The van der Waals surface area contributed by atoms with Gasteiger partial charge in [-0.2, -0.15) is 5.10 Å². The van der Waals surface area contributed by atoms with Crippen molar-refractivity contribution in [2.45, 2.75) is 30.9 Å². The van der Waals surface area contributed by atoms with Crippen LogP contribution in [0.3, 0.4) is 0 Å². The van der Waals surface area contributed by atoms with E-state index in [2.05, 4.69) is 5.10 Å². The average Bonchev–Trinajstić information content (AvgIpc) is 2.92. The maximum atomic E-state index is 10.9. The topological polar surface area (TPSA) is 64.1 Å². The summed E-state index contributed by atoms with van der Waals surface area (Å²) in [5.74, 6) is 0. The van der Waals surface area contributed by atoms with Crippen LogP contribution in [0.4, 0.5) is 0 Å². The molecule has 4 heteroatoms. The third-order valence-electron chi connectivity index (χ3n) is 4.14. The Balaban J connectivity index is 1.83. The van der Waals surface area contributed by atoms with E-state index in [0.717, 1.165) is 23.2 Å². The molecule has 0 saturated carbocycles. The standard InChI is InChI=1S/C15H19N3O/c1-18-11(7-9-17-18)6-8-15(19)10-14(16)12-4-2-3-5-13(12)15/h2-5,7,9,14,19H,6,8,10,16H2,1H3. The van der Waals surface area contributed by atoms with Crippen molar-refractivity contribution in [3.63, 3.8) is 0 Å². The lowest BCUT2D eigenvalue weighted by molar-refractivity contribution is 0.0247. The summed E-state index contributed by atoms with van der Waals surface area (Å²) in [6, 6.07) is 9.88. The fraction of sp³-hybridized carbons (Fsp3) is 0.400. The molecule has 1 aliphatic carbocycles.